The minimum atomic E-state index is -0.679. The van der Waals surface area contributed by atoms with Gasteiger partial charge in [0.2, 0.25) is 5.95 Å². The van der Waals surface area contributed by atoms with Gasteiger partial charge in [-0.2, -0.15) is 9.97 Å². The van der Waals surface area contributed by atoms with Crippen molar-refractivity contribution in [3.05, 3.63) is 157 Å². The fraction of sp³-hybridized carbons (Fsp3) is 0. The van der Waals surface area contributed by atoms with Gasteiger partial charge in [-0.05, 0) is 53.5 Å². The summed E-state index contributed by atoms with van der Waals surface area (Å²) in [5.74, 6) is -0.971. The van der Waals surface area contributed by atoms with Crippen molar-refractivity contribution in [1.29, 1.82) is 0 Å². The van der Waals surface area contributed by atoms with Crippen molar-refractivity contribution in [2.24, 2.45) is 0 Å². The molecule has 0 aliphatic rings. The van der Waals surface area contributed by atoms with Gasteiger partial charge in [-0.3, -0.25) is 4.57 Å². The standard InChI is InChI=1S/C45H26N4OS/c1-3-12-27(13-4-1)30-18-11-20-36-40(30)32-23-22-29(26-37(32)50-36)44-46-43(28-14-5-2-6-15-28)47-45(48-44)49-34-19-9-7-16-31(34)41-35(49)24-25-39-42(41)33-17-8-10-21-38(33)51-39/h1-26H/i2D,5D,6D,7D,8D,9D,10D,14D,15D,16D,17D,19D,21D,24D,25D. The van der Waals surface area contributed by atoms with Crippen molar-refractivity contribution in [2.45, 2.75) is 0 Å². The van der Waals surface area contributed by atoms with Gasteiger partial charge in [0.1, 0.15) is 11.2 Å². The zero-order valence-electron chi connectivity index (χ0n) is 41.0. The van der Waals surface area contributed by atoms with Gasteiger partial charge in [-0.25, -0.2) is 4.98 Å². The molecule has 7 aromatic carbocycles. The van der Waals surface area contributed by atoms with Crippen molar-refractivity contribution in [2.75, 3.05) is 0 Å². The molecular formula is C45H26N4OS. The van der Waals surface area contributed by atoms with E-state index in [1.54, 1.807) is 12.1 Å². The van der Waals surface area contributed by atoms with E-state index < -0.39 is 102 Å². The summed E-state index contributed by atoms with van der Waals surface area (Å²) in [6.45, 7) is 0. The molecule has 0 aliphatic carbocycles. The molecule has 11 aromatic rings. The van der Waals surface area contributed by atoms with Crippen LogP contribution < -0.4 is 0 Å². The lowest BCUT2D eigenvalue weighted by Crippen LogP contribution is -2.06. The van der Waals surface area contributed by atoms with Crippen molar-refractivity contribution in [3.63, 3.8) is 0 Å². The molecule has 5 nitrogen and oxygen atoms in total. The third-order valence-electron chi connectivity index (χ3n) is 8.87. The van der Waals surface area contributed by atoms with Crippen molar-refractivity contribution in [3.8, 4) is 39.9 Å². The zero-order chi connectivity index (χ0) is 46.5. The van der Waals surface area contributed by atoms with Crippen LogP contribution in [-0.4, -0.2) is 19.5 Å². The van der Waals surface area contributed by atoms with Gasteiger partial charge in [-0.1, -0.05) is 115 Å². The molecule has 0 radical (unpaired) electrons. The number of rotatable bonds is 4. The van der Waals surface area contributed by atoms with Crippen LogP contribution in [0.15, 0.2) is 162 Å². The first-order valence-electron chi connectivity index (χ1n) is 23.2. The normalized spacial score (nSPS) is 16.0. The van der Waals surface area contributed by atoms with Gasteiger partial charge < -0.3 is 4.42 Å². The molecule has 0 saturated heterocycles. The number of nitrogens with zero attached hydrogens (tertiary/aromatic N) is 4. The summed E-state index contributed by atoms with van der Waals surface area (Å²) >= 11 is 0.858. The maximum Gasteiger partial charge on any atom is 0.238 e. The highest BCUT2D eigenvalue weighted by atomic mass is 32.1. The first kappa shape index (κ1) is 17.3. The summed E-state index contributed by atoms with van der Waals surface area (Å²) in [6, 6.07) is 12.0. The molecule has 0 aliphatic heterocycles. The van der Waals surface area contributed by atoms with Crippen molar-refractivity contribution < 1.29 is 25.0 Å². The molecule has 6 heteroatoms. The first-order valence-corrected chi connectivity index (χ1v) is 16.5. The predicted molar refractivity (Wildman–Crippen MR) is 211 cm³/mol. The molecule has 0 amide bonds. The van der Waals surface area contributed by atoms with E-state index in [0.29, 0.717) is 16.7 Å². The lowest BCUT2D eigenvalue weighted by molar-refractivity contribution is 0.669. The summed E-state index contributed by atoms with van der Waals surface area (Å²) in [4.78, 5) is 14.2. The van der Waals surface area contributed by atoms with Gasteiger partial charge in [-0.15, -0.1) is 11.3 Å². The number of furan rings is 1. The number of hydrogen-bond acceptors (Lipinski definition) is 5. The van der Waals surface area contributed by atoms with Crippen molar-refractivity contribution >= 4 is 75.3 Å². The van der Waals surface area contributed by atoms with E-state index in [1.807, 2.05) is 54.6 Å². The van der Waals surface area contributed by atoms with Crippen LogP contribution in [0.25, 0.3) is 104 Å². The molecule has 0 atom stereocenters. The van der Waals surface area contributed by atoms with Gasteiger partial charge >= 0.3 is 0 Å². The van der Waals surface area contributed by atoms with Crippen LogP contribution >= 0.6 is 11.3 Å². The SMILES string of the molecule is [2H]c1c([2H])c([2H])c(-c2nc(-c3ccc4c(c3)oc3cccc(-c5ccccc5)c34)nc(-n3c4c([2H])c([2H])c([2H])c([2H])c4c4c5c(sc6c([2H])c([2H])c([2H])c([2H])c65)c([2H])c([2H])c43)n2)c([2H])c1[2H]. The highest BCUT2D eigenvalue weighted by Crippen LogP contribution is 2.43. The van der Waals surface area contributed by atoms with E-state index in [9.17, 15) is 5.48 Å². The fourth-order valence-corrected chi connectivity index (χ4v) is 7.68. The average Bonchev–Trinajstić information content (AvgIpc) is 4.02. The van der Waals surface area contributed by atoms with Crippen LogP contribution in [0.2, 0.25) is 0 Å². The van der Waals surface area contributed by atoms with Crippen molar-refractivity contribution in [1.82, 2.24) is 19.5 Å². The number of benzene rings is 7. The molecule has 0 fully saturated rings. The Morgan fingerprint density at radius 2 is 1.29 bits per heavy atom. The molecule has 0 unspecified atom stereocenters. The second-order valence-electron chi connectivity index (χ2n) is 11.7. The molecule has 11 rings (SSSR count). The Hall–Kier alpha value is -6.63. The number of para-hydroxylation sites is 1. The minimum absolute atomic E-state index is 0.0170. The molecule has 4 aromatic heterocycles. The molecule has 0 N–H and O–H groups in total. The van der Waals surface area contributed by atoms with Crippen LogP contribution in [-0.2, 0) is 0 Å². The summed E-state index contributed by atoms with van der Waals surface area (Å²) in [7, 11) is 0. The maximum atomic E-state index is 9.51. The van der Waals surface area contributed by atoms with E-state index in [4.69, 9.17) is 24.5 Å². The first-order chi connectivity index (χ1) is 31.5. The topological polar surface area (TPSA) is 56.7 Å². The van der Waals surface area contributed by atoms with Crippen LogP contribution in [0.3, 0.4) is 0 Å². The Bertz CT molecular complexity index is 3990. The second kappa shape index (κ2) is 10.9. The van der Waals surface area contributed by atoms with Crippen LogP contribution in [0, 0.1) is 0 Å². The largest absolute Gasteiger partial charge is 0.456 e. The monoisotopic (exact) mass is 685 g/mol. The number of aromatic nitrogens is 4. The molecule has 0 saturated carbocycles. The smallest absolute Gasteiger partial charge is 0.238 e. The summed E-state index contributed by atoms with van der Waals surface area (Å²) < 4.78 is 140. The van der Waals surface area contributed by atoms with Crippen LogP contribution in [0.4, 0.5) is 0 Å². The van der Waals surface area contributed by atoms with E-state index >= 15 is 0 Å². The lowest BCUT2D eigenvalue weighted by Gasteiger charge is -2.11. The molecule has 51 heavy (non-hydrogen) atoms. The molecule has 0 bridgehead atoms. The van der Waals surface area contributed by atoms with Crippen LogP contribution in [0.5, 0.6) is 0 Å². The minimum Gasteiger partial charge on any atom is -0.456 e. The molecular weight excluding hydrogens is 645 g/mol. The average molecular weight is 686 g/mol. The summed E-state index contributed by atoms with van der Waals surface area (Å²) in [6.07, 6.45) is 0. The fourth-order valence-electron chi connectivity index (χ4n) is 6.71. The van der Waals surface area contributed by atoms with Gasteiger partial charge in [0.25, 0.3) is 0 Å². The second-order valence-corrected chi connectivity index (χ2v) is 12.7. The Labute approximate surface area is 316 Å². The lowest BCUT2D eigenvalue weighted by atomic mass is 9.99. The van der Waals surface area contributed by atoms with E-state index in [2.05, 4.69) is 9.97 Å². The Balaban J connectivity index is 1.30. The third-order valence-corrected chi connectivity index (χ3v) is 9.89. The Morgan fingerprint density at radius 3 is 2.18 bits per heavy atom. The van der Waals surface area contributed by atoms with Crippen LogP contribution in [0.1, 0.15) is 20.6 Å². The van der Waals surface area contributed by atoms with Gasteiger partial charge in [0, 0.05) is 52.8 Å². The zero-order valence-corrected chi connectivity index (χ0v) is 26.8. The Kier molecular flexibility index (Phi) is 3.72. The van der Waals surface area contributed by atoms with E-state index in [-0.39, 0.29) is 53.8 Å². The summed E-state index contributed by atoms with van der Waals surface area (Å²) in [5, 5.41) is 1.43. The Morgan fingerprint density at radius 1 is 0.510 bits per heavy atom. The molecule has 4 heterocycles. The highest BCUT2D eigenvalue weighted by Gasteiger charge is 2.21. The highest BCUT2D eigenvalue weighted by molar-refractivity contribution is 7.26. The quantitative estimate of drug-likeness (QED) is 0.185. The van der Waals surface area contributed by atoms with Gasteiger partial charge in [0.15, 0.2) is 11.6 Å². The number of thiophene rings is 1. The predicted octanol–water partition coefficient (Wildman–Crippen LogP) is 12.2. The maximum absolute atomic E-state index is 9.51. The number of hydrogen-bond donors (Lipinski definition) is 0. The van der Waals surface area contributed by atoms with Gasteiger partial charge in [0.05, 0.1) is 31.6 Å². The molecule has 238 valence electrons. The summed E-state index contributed by atoms with van der Waals surface area (Å²) in [5.41, 5.74) is 2.30. The third kappa shape index (κ3) is 4.30. The van der Waals surface area contributed by atoms with E-state index in [1.165, 1.54) is 0 Å². The van der Waals surface area contributed by atoms with E-state index in [0.717, 1.165) is 37.8 Å². The molecule has 0 spiro atoms. The number of fused-ring (bicyclic) bond motifs is 10.